The molecule has 0 aromatic heterocycles. The van der Waals surface area contributed by atoms with E-state index in [9.17, 15) is 9.59 Å². The number of piperazine rings is 1. The second-order valence-corrected chi connectivity index (χ2v) is 11.6. The van der Waals surface area contributed by atoms with E-state index >= 15 is 0 Å². The molecule has 3 aliphatic rings. The average molecular weight is 547 g/mol. The zero-order valence-corrected chi connectivity index (χ0v) is 23.6. The minimum Gasteiger partial charge on any atom is -0.378 e. The van der Waals surface area contributed by atoms with Crippen LogP contribution in [0.15, 0.2) is 68.3 Å². The number of nitrogens with zero attached hydrogens (tertiary/aromatic N) is 6. The van der Waals surface area contributed by atoms with Gasteiger partial charge in [-0.05, 0) is 71.1 Å². The van der Waals surface area contributed by atoms with Crippen molar-refractivity contribution in [3.05, 3.63) is 69.5 Å². The molecule has 1 fully saturated rings. The lowest BCUT2D eigenvalue weighted by Gasteiger charge is -2.35. The summed E-state index contributed by atoms with van der Waals surface area (Å²) >= 11 is 2.85. The van der Waals surface area contributed by atoms with Gasteiger partial charge in [0.1, 0.15) is 0 Å². The van der Waals surface area contributed by atoms with Crippen molar-refractivity contribution in [2.75, 3.05) is 64.2 Å². The first-order valence-corrected chi connectivity index (χ1v) is 14.0. The number of carbonyl (C=O) groups excluding carboxylic acids is 2. The molecule has 196 valence electrons. The van der Waals surface area contributed by atoms with Crippen LogP contribution in [0.4, 0.5) is 11.4 Å². The SMILES string of the molecule is CN(C)c1ccc(/C=C2/SC(N3CCN(C4=NC(=O)/C(=C\c5ccc(N(C)C)cc5)S4)CC3)=NC2=O)cc1. The number of amides is 2. The summed E-state index contributed by atoms with van der Waals surface area (Å²) in [7, 11) is 8.00. The second-order valence-electron chi connectivity index (χ2n) is 9.57. The molecule has 38 heavy (non-hydrogen) atoms. The molecule has 0 atom stereocenters. The van der Waals surface area contributed by atoms with Crippen LogP contribution in [0.3, 0.4) is 0 Å². The standard InChI is InChI=1S/C28H30N6O2S2/c1-31(2)21-9-5-19(6-10-21)17-23-25(35)29-27(37-23)33-13-15-34(16-14-33)28-30-26(36)24(38-28)18-20-7-11-22(12-8-20)32(3)4/h5-12,17-18H,13-16H2,1-4H3/b23-17+,24-18+. The molecule has 2 aromatic carbocycles. The highest BCUT2D eigenvalue weighted by molar-refractivity contribution is 8.18. The molecule has 3 aliphatic heterocycles. The van der Waals surface area contributed by atoms with Gasteiger partial charge in [0.25, 0.3) is 11.8 Å². The summed E-state index contributed by atoms with van der Waals surface area (Å²) in [5.74, 6) is -0.391. The van der Waals surface area contributed by atoms with E-state index < -0.39 is 0 Å². The molecule has 1 saturated heterocycles. The summed E-state index contributed by atoms with van der Waals surface area (Å²) < 4.78 is 0. The highest BCUT2D eigenvalue weighted by Gasteiger charge is 2.32. The van der Waals surface area contributed by atoms with Crippen LogP contribution < -0.4 is 9.80 Å². The van der Waals surface area contributed by atoms with E-state index in [0.717, 1.165) is 32.8 Å². The van der Waals surface area contributed by atoms with Crippen molar-refractivity contribution in [3.63, 3.8) is 0 Å². The van der Waals surface area contributed by atoms with Crippen LogP contribution in [-0.4, -0.2) is 86.3 Å². The predicted molar refractivity (Wildman–Crippen MR) is 161 cm³/mol. The van der Waals surface area contributed by atoms with E-state index in [4.69, 9.17) is 0 Å². The van der Waals surface area contributed by atoms with E-state index in [1.54, 1.807) is 0 Å². The van der Waals surface area contributed by atoms with Gasteiger partial charge in [0.05, 0.1) is 9.81 Å². The average Bonchev–Trinajstić information content (AvgIpc) is 3.46. The quantitative estimate of drug-likeness (QED) is 0.532. The minimum absolute atomic E-state index is 0.196. The van der Waals surface area contributed by atoms with Crippen LogP contribution in [0, 0.1) is 0 Å². The van der Waals surface area contributed by atoms with Crippen LogP contribution in [0.2, 0.25) is 0 Å². The lowest BCUT2D eigenvalue weighted by molar-refractivity contribution is -0.114. The number of anilines is 2. The van der Waals surface area contributed by atoms with Gasteiger partial charge in [-0.25, -0.2) is 0 Å². The zero-order valence-electron chi connectivity index (χ0n) is 21.9. The first-order chi connectivity index (χ1) is 18.3. The molecule has 0 bridgehead atoms. The van der Waals surface area contributed by atoms with E-state index in [0.29, 0.717) is 36.0 Å². The highest BCUT2D eigenvalue weighted by atomic mass is 32.2. The van der Waals surface area contributed by atoms with Crippen molar-refractivity contribution >= 4 is 69.2 Å². The Bertz CT molecular complexity index is 1250. The number of thioether (sulfide) groups is 2. The number of hydrogen-bond donors (Lipinski definition) is 0. The third-order valence-electron chi connectivity index (χ3n) is 6.45. The molecule has 2 amide bonds. The monoisotopic (exact) mass is 546 g/mol. The Morgan fingerprint density at radius 2 is 0.974 bits per heavy atom. The predicted octanol–water partition coefficient (Wildman–Crippen LogP) is 4.08. The number of aliphatic imine (C=N–C) groups is 2. The lowest BCUT2D eigenvalue weighted by atomic mass is 10.2. The van der Waals surface area contributed by atoms with Crippen molar-refractivity contribution < 1.29 is 9.59 Å². The van der Waals surface area contributed by atoms with Gasteiger partial charge < -0.3 is 19.6 Å². The fourth-order valence-electron chi connectivity index (χ4n) is 4.20. The zero-order chi connectivity index (χ0) is 26.8. The molecule has 0 N–H and O–H groups in total. The Labute approximate surface area is 231 Å². The van der Waals surface area contributed by atoms with E-state index in [-0.39, 0.29) is 11.8 Å². The normalized spacial score (nSPS) is 19.9. The molecular formula is C28H30N6O2S2. The van der Waals surface area contributed by atoms with Gasteiger partial charge in [-0.15, -0.1) is 0 Å². The Morgan fingerprint density at radius 3 is 1.29 bits per heavy atom. The third-order valence-corrected chi connectivity index (χ3v) is 8.54. The fourth-order valence-corrected chi connectivity index (χ4v) is 6.13. The number of carbonyl (C=O) groups is 2. The van der Waals surface area contributed by atoms with E-state index in [1.807, 2.05) is 98.7 Å². The molecule has 2 aromatic rings. The molecular weight excluding hydrogens is 516 g/mol. The van der Waals surface area contributed by atoms with Gasteiger partial charge in [0.15, 0.2) is 10.3 Å². The fraction of sp³-hybridized carbons (Fsp3) is 0.286. The molecule has 0 saturated carbocycles. The molecule has 5 rings (SSSR count). The molecule has 8 nitrogen and oxygen atoms in total. The van der Waals surface area contributed by atoms with Gasteiger partial charge in [0.2, 0.25) is 0 Å². The Balaban J connectivity index is 1.16. The Morgan fingerprint density at radius 1 is 0.632 bits per heavy atom. The minimum atomic E-state index is -0.196. The molecule has 0 unspecified atom stereocenters. The topological polar surface area (TPSA) is 71.8 Å². The molecule has 0 aliphatic carbocycles. The number of amidine groups is 2. The largest absolute Gasteiger partial charge is 0.378 e. The summed E-state index contributed by atoms with van der Waals surface area (Å²) in [6.45, 7) is 2.84. The van der Waals surface area contributed by atoms with Crippen molar-refractivity contribution in [3.8, 4) is 0 Å². The van der Waals surface area contributed by atoms with Crippen LogP contribution >= 0.6 is 23.5 Å². The maximum Gasteiger partial charge on any atom is 0.286 e. The van der Waals surface area contributed by atoms with Crippen molar-refractivity contribution in [1.82, 2.24) is 9.80 Å². The van der Waals surface area contributed by atoms with Gasteiger partial charge in [0, 0.05) is 65.7 Å². The maximum absolute atomic E-state index is 12.6. The van der Waals surface area contributed by atoms with Gasteiger partial charge in [-0.1, -0.05) is 24.3 Å². The molecule has 3 heterocycles. The third kappa shape index (κ3) is 5.81. The van der Waals surface area contributed by atoms with Crippen LogP contribution in [-0.2, 0) is 9.59 Å². The van der Waals surface area contributed by atoms with Crippen molar-refractivity contribution in [1.29, 1.82) is 0 Å². The molecule has 10 heteroatoms. The van der Waals surface area contributed by atoms with Crippen LogP contribution in [0.25, 0.3) is 12.2 Å². The first kappa shape index (κ1) is 26.1. The summed E-state index contributed by atoms with van der Waals surface area (Å²) in [5.41, 5.74) is 4.18. The van der Waals surface area contributed by atoms with Crippen LogP contribution in [0.1, 0.15) is 11.1 Å². The second kappa shape index (κ2) is 11.1. The first-order valence-electron chi connectivity index (χ1n) is 12.4. The lowest BCUT2D eigenvalue weighted by Crippen LogP contribution is -2.49. The number of rotatable bonds is 4. The Kier molecular flexibility index (Phi) is 7.62. The summed E-state index contributed by atoms with van der Waals surface area (Å²) in [5, 5.41) is 1.48. The highest BCUT2D eigenvalue weighted by Crippen LogP contribution is 2.33. The molecule has 0 spiro atoms. The van der Waals surface area contributed by atoms with Gasteiger partial charge in [-0.2, -0.15) is 9.98 Å². The smallest absolute Gasteiger partial charge is 0.286 e. The summed E-state index contributed by atoms with van der Waals surface area (Å²) in [6, 6.07) is 16.2. The van der Waals surface area contributed by atoms with Crippen LogP contribution in [0.5, 0.6) is 0 Å². The molecule has 0 radical (unpaired) electrons. The number of benzene rings is 2. The van der Waals surface area contributed by atoms with Gasteiger partial charge >= 0.3 is 0 Å². The maximum atomic E-state index is 12.6. The van der Waals surface area contributed by atoms with Crippen molar-refractivity contribution in [2.45, 2.75) is 0 Å². The van der Waals surface area contributed by atoms with E-state index in [2.05, 4.69) is 19.8 Å². The van der Waals surface area contributed by atoms with Gasteiger partial charge in [-0.3, -0.25) is 9.59 Å². The van der Waals surface area contributed by atoms with Crippen molar-refractivity contribution in [2.24, 2.45) is 9.98 Å². The summed E-state index contributed by atoms with van der Waals surface area (Å²) in [6.07, 6.45) is 3.80. The van der Waals surface area contributed by atoms with E-state index in [1.165, 1.54) is 23.5 Å². The summed E-state index contributed by atoms with van der Waals surface area (Å²) in [4.78, 5) is 43.4. The number of hydrogen-bond acceptors (Lipinski definition) is 8. The Hall–Kier alpha value is -3.50.